The molecule has 0 aliphatic carbocycles. The second-order valence-corrected chi connectivity index (χ2v) is 7.75. The fourth-order valence-corrected chi connectivity index (χ4v) is 3.99. The Hall–Kier alpha value is -4.18. The molecule has 5 rings (SSSR count). The second-order valence-electron chi connectivity index (χ2n) is 7.75. The number of halogens is 2. The maximum absolute atomic E-state index is 15.8. The van der Waals surface area contributed by atoms with Crippen molar-refractivity contribution in [3.8, 4) is 45.0 Å². The highest BCUT2D eigenvalue weighted by atomic mass is 19.1. The van der Waals surface area contributed by atoms with E-state index in [1.165, 1.54) is 12.1 Å². The van der Waals surface area contributed by atoms with Crippen molar-refractivity contribution in [3.05, 3.63) is 120 Å². The highest BCUT2D eigenvalue weighted by Gasteiger charge is 2.21. The van der Waals surface area contributed by atoms with Gasteiger partial charge in [0.25, 0.3) is 0 Å². The first-order valence-corrected chi connectivity index (χ1v) is 10.7. The SMILES string of the molecule is Cc1c(-c2ccccc2)nc(-c2ccc(F)c(-c3ccccc3)c2F)nc1-c1ccccc1. The molecule has 0 aliphatic rings. The first kappa shape index (κ1) is 20.7. The summed E-state index contributed by atoms with van der Waals surface area (Å²) >= 11 is 0. The molecule has 0 bridgehead atoms. The molecule has 0 radical (unpaired) electrons. The molecular weight excluding hydrogens is 414 g/mol. The Morgan fingerprint density at radius 1 is 0.545 bits per heavy atom. The number of aromatic nitrogens is 2. The maximum Gasteiger partial charge on any atom is 0.163 e. The zero-order chi connectivity index (χ0) is 22.8. The van der Waals surface area contributed by atoms with E-state index in [0.29, 0.717) is 17.0 Å². The van der Waals surface area contributed by atoms with Crippen molar-refractivity contribution in [1.82, 2.24) is 9.97 Å². The van der Waals surface area contributed by atoms with Gasteiger partial charge in [-0.3, -0.25) is 0 Å². The summed E-state index contributed by atoms with van der Waals surface area (Å²) in [4.78, 5) is 9.50. The summed E-state index contributed by atoms with van der Waals surface area (Å²) in [6, 6.07) is 30.8. The van der Waals surface area contributed by atoms with E-state index in [0.717, 1.165) is 16.7 Å². The van der Waals surface area contributed by atoms with Gasteiger partial charge in [-0.05, 0) is 24.6 Å². The molecule has 0 aliphatic heterocycles. The molecule has 0 atom stereocenters. The third-order valence-corrected chi connectivity index (χ3v) is 5.63. The van der Waals surface area contributed by atoms with Gasteiger partial charge >= 0.3 is 0 Å². The van der Waals surface area contributed by atoms with Crippen LogP contribution in [0.3, 0.4) is 0 Å². The lowest BCUT2D eigenvalue weighted by Gasteiger charge is -2.15. The minimum absolute atomic E-state index is 0.0835. The van der Waals surface area contributed by atoms with E-state index in [2.05, 4.69) is 0 Å². The minimum Gasteiger partial charge on any atom is -0.228 e. The van der Waals surface area contributed by atoms with Crippen LogP contribution >= 0.6 is 0 Å². The van der Waals surface area contributed by atoms with E-state index >= 15 is 4.39 Å². The van der Waals surface area contributed by atoms with Crippen molar-refractivity contribution in [2.75, 3.05) is 0 Å². The van der Waals surface area contributed by atoms with E-state index in [-0.39, 0.29) is 17.0 Å². The molecule has 0 saturated carbocycles. The summed E-state index contributed by atoms with van der Waals surface area (Å²) in [5, 5.41) is 0. The fourth-order valence-electron chi connectivity index (χ4n) is 3.99. The molecule has 4 heteroatoms. The van der Waals surface area contributed by atoms with Gasteiger partial charge in [0.05, 0.1) is 22.5 Å². The molecule has 4 aromatic carbocycles. The van der Waals surface area contributed by atoms with Crippen molar-refractivity contribution >= 4 is 0 Å². The summed E-state index contributed by atoms with van der Waals surface area (Å²) in [7, 11) is 0. The lowest BCUT2D eigenvalue weighted by Crippen LogP contribution is -2.02. The Morgan fingerprint density at radius 2 is 1.00 bits per heavy atom. The van der Waals surface area contributed by atoms with Gasteiger partial charge in [0.2, 0.25) is 0 Å². The molecule has 0 amide bonds. The van der Waals surface area contributed by atoms with Crippen LogP contribution in [0.1, 0.15) is 5.56 Å². The molecule has 0 N–H and O–H groups in total. The summed E-state index contributed by atoms with van der Waals surface area (Å²) in [6.45, 7) is 1.96. The molecule has 1 aromatic heterocycles. The van der Waals surface area contributed by atoms with Crippen LogP contribution in [-0.4, -0.2) is 9.97 Å². The van der Waals surface area contributed by atoms with Gasteiger partial charge in [-0.1, -0.05) is 91.0 Å². The van der Waals surface area contributed by atoms with Crippen LogP contribution in [0.25, 0.3) is 45.0 Å². The first-order valence-electron chi connectivity index (χ1n) is 10.7. The molecule has 33 heavy (non-hydrogen) atoms. The molecule has 0 saturated heterocycles. The standard InChI is InChI=1S/C29H20F2N2/c1-19-27(21-13-7-3-8-14-21)32-29(33-28(19)22-15-9-4-10-16-22)23-17-18-24(30)25(26(23)31)20-11-5-2-6-12-20/h2-18H,1H3. The summed E-state index contributed by atoms with van der Waals surface area (Å²) in [5.41, 5.74) is 4.66. The van der Waals surface area contributed by atoms with Crippen molar-refractivity contribution < 1.29 is 8.78 Å². The highest BCUT2D eigenvalue weighted by Crippen LogP contribution is 2.35. The van der Waals surface area contributed by atoms with Crippen LogP contribution < -0.4 is 0 Å². The Kier molecular flexibility index (Phi) is 5.49. The van der Waals surface area contributed by atoms with Crippen LogP contribution in [0.4, 0.5) is 8.78 Å². The van der Waals surface area contributed by atoms with Gasteiger partial charge < -0.3 is 0 Å². The van der Waals surface area contributed by atoms with Crippen molar-refractivity contribution in [2.45, 2.75) is 6.92 Å². The van der Waals surface area contributed by atoms with Gasteiger partial charge in [0, 0.05) is 16.7 Å². The summed E-state index contributed by atoms with van der Waals surface area (Å²) in [5.74, 6) is -1.09. The third-order valence-electron chi connectivity index (χ3n) is 5.63. The Balaban J connectivity index is 1.78. The first-order chi connectivity index (χ1) is 16.1. The molecule has 160 valence electrons. The molecule has 5 aromatic rings. The number of hydrogen-bond acceptors (Lipinski definition) is 2. The fraction of sp³-hybridized carbons (Fsp3) is 0.0345. The lowest BCUT2D eigenvalue weighted by molar-refractivity contribution is 0.591. The Morgan fingerprint density at radius 3 is 1.48 bits per heavy atom. The van der Waals surface area contributed by atoms with Gasteiger partial charge in [0.15, 0.2) is 5.82 Å². The smallest absolute Gasteiger partial charge is 0.163 e. The van der Waals surface area contributed by atoms with Crippen molar-refractivity contribution in [1.29, 1.82) is 0 Å². The number of hydrogen-bond donors (Lipinski definition) is 0. The topological polar surface area (TPSA) is 25.8 Å². The largest absolute Gasteiger partial charge is 0.228 e. The van der Waals surface area contributed by atoms with Crippen molar-refractivity contribution in [2.24, 2.45) is 0 Å². The lowest BCUT2D eigenvalue weighted by atomic mass is 9.98. The zero-order valence-corrected chi connectivity index (χ0v) is 18.0. The Labute approximate surface area is 191 Å². The van der Waals surface area contributed by atoms with Gasteiger partial charge in [-0.15, -0.1) is 0 Å². The zero-order valence-electron chi connectivity index (χ0n) is 18.0. The third kappa shape index (κ3) is 3.92. The van der Waals surface area contributed by atoms with Gasteiger partial charge in [-0.2, -0.15) is 0 Å². The summed E-state index contributed by atoms with van der Waals surface area (Å²) in [6.07, 6.45) is 0. The van der Waals surface area contributed by atoms with Crippen LogP contribution in [-0.2, 0) is 0 Å². The van der Waals surface area contributed by atoms with E-state index in [9.17, 15) is 4.39 Å². The van der Waals surface area contributed by atoms with Crippen LogP contribution in [0, 0.1) is 18.6 Å². The van der Waals surface area contributed by atoms with E-state index in [1.807, 2.05) is 73.7 Å². The predicted molar refractivity (Wildman–Crippen MR) is 128 cm³/mol. The van der Waals surface area contributed by atoms with Crippen LogP contribution in [0.2, 0.25) is 0 Å². The van der Waals surface area contributed by atoms with Gasteiger partial charge in [0.1, 0.15) is 11.6 Å². The number of nitrogens with zero attached hydrogens (tertiary/aromatic N) is 2. The average molecular weight is 434 g/mol. The number of benzene rings is 4. The predicted octanol–water partition coefficient (Wildman–Crippen LogP) is 7.73. The molecular formula is C29H20F2N2. The second kappa shape index (κ2) is 8.75. The quantitative estimate of drug-likeness (QED) is 0.289. The van der Waals surface area contributed by atoms with Gasteiger partial charge in [-0.25, -0.2) is 18.7 Å². The monoisotopic (exact) mass is 434 g/mol. The van der Waals surface area contributed by atoms with Crippen molar-refractivity contribution in [3.63, 3.8) is 0 Å². The van der Waals surface area contributed by atoms with E-state index in [4.69, 9.17) is 9.97 Å². The molecule has 0 fully saturated rings. The van der Waals surface area contributed by atoms with E-state index < -0.39 is 11.6 Å². The summed E-state index contributed by atoms with van der Waals surface area (Å²) < 4.78 is 30.5. The van der Waals surface area contributed by atoms with Crippen LogP contribution in [0.15, 0.2) is 103 Å². The highest BCUT2D eigenvalue weighted by molar-refractivity contribution is 5.78. The molecule has 0 spiro atoms. The molecule has 0 unspecified atom stereocenters. The van der Waals surface area contributed by atoms with Crippen LogP contribution in [0.5, 0.6) is 0 Å². The molecule has 2 nitrogen and oxygen atoms in total. The average Bonchev–Trinajstić information content (AvgIpc) is 2.86. The maximum atomic E-state index is 15.8. The molecule has 1 heterocycles. The van der Waals surface area contributed by atoms with E-state index in [1.54, 1.807) is 24.3 Å². The Bertz CT molecular complexity index is 1360. The number of rotatable bonds is 4. The minimum atomic E-state index is -0.678. The normalized spacial score (nSPS) is 10.9.